The molecule has 2 aromatic rings. The Morgan fingerprint density at radius 1 is 0.750 bits per heavy atom. The molecule has 24 heavy (non-hydrogen) atoms. The van der Waals surface area contributed by atoms with Crippen LogP contribution >= 0.6 is 0 Å². The maximum Gasteiger partial charge on any atom is 0.0124 e. The van der Waals surface area contributed by atoms with E-state index in [1.165, 1.54) is 62.7 Å². The summed E-state index contributed by atoms with van der Waals surface area (Å²) in [5.41, 5.74) is 6.11. The summed E-state index contributed by atoms with van der Waals surface area (Å²) < 4.78 is 0. The Hall–Kier alpha value is -1.60. The lowest BCUT2D eigenvalue weighted by molar-refractivity contribution is 0.0542. The van der Waals surface area contributed by atoms with Crippen molar-refractivity contribution in [3.8, 4) is 11.1 Å². The van der Waals surface area contributed by atoms with E-state index in [0.29, 0.717) is 5.92 Å². The standard InChI is InChI=1S/C23H27N/c1-3-11-20-18(9-1)19-10-2-4-12-21(19)22(20)16-17-8-7-15-24-14-6-5-13-23(17)24/h1-4,9-12,17,22-23H,5-8,13-16H2/t17-,23+/m0/s1. The van der Waals surface area contributed by atoms with E-state index in [1.807, 2.05) is 0 Å². The van der Waals surface area contributed by atoms with Gasteiger partial charge in [-0.3, -0.25) is 0 Å². The maximum absolute atomic E-state index is 2.81. The summed E-state index contributed by atoms with van der Waals surface area (Å²) >= 11 is 0. The average molecular weight is 317 g/mol. The summed E-state index contributed by atoms with van der Waals surface area (Å²) in [6.45, 7) is 2.69. The predicted molar refractivity (Wildman–Crippen MR) is 100 cm³/mol. The summed E-state index contributed by atoms with van der Waals surface area (Å²) in [5.74, 6) is 1.49. The average Bonchev–Trinajstić information content (AvgIpc) is 2.97. The van der Waals surface area contributed by atoms with E-state index < -0.39 is 0 Å². The van der Waals surface area contributed by atoms with Crippen LogP contribution in [0.1, 0.15) is 55.6 Å². The summed E-state index contributed by atoms with van der Waals surface area (Å²) in [7, 11) is 0. The Bertz CT molecular complexity index is 687. The molecule has 3 aliphatic rings. The first-order valence-electron chi connectivity index (χ1n) is 9.84. The number of piperidine rings is 2. The second-order valence-electron chi connectivity index (χ2n) is 7.96. The first-order valence-corrected chi connectivity index (χ1v) is 9.84. The zero-order valence-electron chi connectivity index (χ0n) is 14.5. The number of nitrogens with zero attached hydrogens (tertiary/aromatic N) is 1. The second kappa shape index (κ2) is 6.04. The van der Waals surface area contributed by atoms with Gasteiger partial charge in [0.05, 0.1) is 0 Å². The van der Waals surface area contributed by atoms with Crippen LogP contribution in [0.15, 0.2) is 48.5 Å². The van der Waals surface area contributed by atoms with Gasteiger partial charge in [-0.25, -0.2) is 0 Å². The van der Waals surface area contributed by atoms with Crippen LogP contribution in [0.4, 0.5) is 0 Å². The van der Waals surface area contributed by atoms with Gasteiger partial charge in [-0.2, -0.15) is 0 Å². The van der Waals surface area contributed by atoms with E-state index >= 15 is 0 Å². The molecule has 124 valence electrons. The highest BCUT2D eigenvalue weighted by molar-refractivity contribution is 5.78. The normalized spacial score (nSPS) is 26.7. The summed E-state index contributed by atoms with van der Waals surface area (Å²) in [5, 5.41) is 0. The van der Waals surface area contributed by atoms with Gasteiger partial charge < -0.3 is 4.90 Å². The molecule has 1 aliphatic carbocycles. The highest BCUT2D eigenvalue weighted by Gasteiger charge is 2.37. The Morgan fingerprint density at radius 2 is 1.42 bits per heavy atom. The minimum absolute atomic E-state index is 0.615. The Morgan fingerprint density at radius 3 is 2.17 bits per heavy atom. The van der Waals surface area contributed by atoms with Gasteiger partial charge in [0.25, 0.3) is 0 Å². The van der Waals surface area contributed by atoms with E-state index in [1.54, 1.807) is 11.1 Å². The molecule has 5 rings (SSSR count). The van der Waals surface area contributed by atoms with Crippen molar-refractivity contribution in [1.82, 2.24) is 4.90 Å². The fourth-order valence-electron chi connectivity index (χ4n) is 5.67. The Kier molecular flexibility index (Phi) is 3.70. The molecule has 2 fully saturated rings. The maximum atomic E-state index is 2.81. The van der Waals surface area contributed by atoms with Crippen LogP contribution in [0.3, 0.4) is 0 Å². The molecule has 2 atom stereocenters. The lowest BCUT2D eigenvalue weighted by Crippen LogP contribution is -2.48. The fourth-order valence-corrected chi connectivity index (χ4v) is 5.67. The van der Waals surface area contributed by atoms with Crippen LogP contribution in [0.2, 0.25) is 0 Å². The van der Waals surface area contributed by atoms with E-state index in [9.17, 15) is 0 Å². The largest absolute Gasteiger partial charge is 0.300 e. The highest BCUT2D eigenvalue weighted by Crippen LogP contribution is 2.49. The first kappa shape index (κ1) is 14.7. The minimum Gasteiger partial charge on any atom is -0.300 e. The van der Waals surface area contributed by atoms with E-state index in [4.69, 9.17) is 0 Å². The van der Waals surface area contributed by atoms with Crippen molar-refractivity contribution >= 4 is 0 Å². The number of hydrogen-bond acceptors (Lipinski definition) is 1. The van der Waals surface area contributed by atoms with Crippen molar-refractivity contribution in [2.45, 2.75) is 50.5 Å². The monoisotopic (exact) mass is 317 g/mol. The molecule has 0 saturated carbocycles. The van der Waals surface area contributed by atoms with Crippen molar-refractivity contribution in [3.05, 3.63) is 59.7 Å². The molecule has 0 aromatic heterocycles. The minimum atomic E-state index is 0.615. The highest BCUT2D eigenvalue weighted by atomic mass is 15.2. The van der Waals surface area contributed by atoms with E-state index in [2.05, 4.69) is 53.4 Å². The lowest BCUT2D eigenvalue weighted by Gasteiger charge is -2.45. The van der Waals surface area contributed by atoms with Crippen molar-refractivity contribution < 1.29 is 0 Å². The molecule has 0 unspecified atom stereocenters. The Balaban J connectivity index is 1.48. The quantitative estimate of drug-likeness (QED) is 0.711. The zero-order chi connectivity index (χ0) is 15.9. The second-order valence-corrected chi connectivity index (χ2v) is 7.96. The molecule has 0 N–H and O–H groups in total. The van der Waals surface area contributed by atoms with Crippen LogP contribution < -0.4 is 0 Å². The molecule has 2 aliphatic heterocycles. The van der Waals surface area contributed by atoms with Crippen molar-refractivity contribution in [1.29, 1.82) is 0 Å². The third-order valence-corrected chi connectivity index (χ3v) is 6.73. The topological polar surface area (TPSA) is 3.24 Å². The molecule has 0 amide bonds. The lowest BCUT2D eigenvalue weighted by atomic mass is 9.76. The molecule has 0 spiro atoms. The summed E-state index contributed by atoms with van der Waals surface area (Å²) in [4.78, 5) is 2.81. The van der Waals surface area contributed by atoms with E-state index in [0.717, 1.165) is 12.0 Å². The van der Waals surface area contributed by atoms with Gasteiger partial charge in [-0.1, -0.05) is 55.0 Å². The first-order chi connectivity index (χ1) is 11.9. The molecular weight excluding hydrogens is 290 g/mol. The van der Waals surface area contributed by atoms with Gasteiger partial charge in [-0.15, -0.1) is 0 Å². The fraction of sp³-hybridized carbons (Fsp3) is 0.478. The van der Waals surface area contributed by atoms with Gasteiger partial charge in [0, 0.05) is 12.0 Å². The third-order valence-electron chi connectivity index (χ3n) is 6.73. The van der Waals surface area contributed by atoms with Crippen LogP contribution in [0.5, 0.6) is 0 Å². The predicted octanol–water partition coefficient (Wildman–Crippen LogP) is 5.45. The van der Waals surface area contributed by atoms with Gasteiger partial charge in [-0.05, 0) is 73.4 Å². The van der Waals surface area contributed by atoms with Gasteiger partial charge in [0.2, 0.25) is 0 Å². The number of benzene rings is 2. The van der Waals surface area contributed by atoms with Gasteiger partial charge in [0.15, 0.2) is 0 Å². The van der Waals surface area contributed by atoms with Crippen LogP contribution in [-0.2, 0) is 0 Å². The zero-order valence-corrected chi connectivity index (χ0v) is 14.5. The third kappa shape index (κ3) is 2.33. The molecule has 0 radical (unpaired) electrons. The molecule has 2 aromatic carbocycles. The Labute approximate surface area is 145 Å². The van der Waals surface area contributed by atoms with Gasteiger partial charge >= 0.3 is 0 Å². The molecule has 1 heteroatoms. The number of hydrogen-bond donors (Lipinski definition) is 0. The van der Waals surface area contributed by atoms with Crippen LogP contribution in [0, 0.1) is 5.92 Å². The van der Waals surface area contributed by atoms with Crippen molar-refractivity contribution in [2.24, 2.45) is 5.92 Å². The van der Waals surface area contributed by atoms with Crippen LogP contribution in [-0.4, -0.2) is 24.0 Å². The summed E-state index contributed by atoms with van der Waals surface area (Å²) in [6, 6.07) is 19.1. The molecule has 0 bridgehead atoms. The van der Waals surface area contributed by atoms with Gasteiger partial charge in [0.1, 0.15) is 0 Å². The smallest absolute Gasteiger partial charge is 0.0124 e. The number of fused-ring (bicyclic) bond motifs is 4. The van der Waals surface area contributed by atoms with Crippen molar-refractivity contribution in [2.75, 3.05) is 13.1 Å². The molecule has 1 nitrogen and oxygen atoms in total. The van der Waals surface area contributed by atoms with Crippen molar-refractivity contribution in [3.63, 3.8) is 0 Å². The molecule has 2 saturated heterocycles. The van der Waals surface area contributed by atoms with Crippen LogP contribution in [0.25, 0.3) is 11.1 Å². The molecular formula is C23H27N. The SMILES string of the molecule is c1ccc2c(c1)-c1ccccc1C2C[C@@H]1CCCN2CCCC[C@H]12. The summed E-state index contributed by atoms with van der Waals surface area (Å²) in [6.07, 6.45) is 8.46. The number of rotatable bonds is 2. The molecule has 2 heterocycles. The van der Waals surface area contributed by atoms with E-state index in [-0.39, 0.29) is 0 Å².